The summed E-state index contributed by atoms with van der Waals surface area (Å²) < 4.78 is 77.8. The first-order valence-corrected chi connectivity index (χ1v) is 11.6. The molecule has 2 aliphatic carbocycles. The Morgan fingerprint density at radius 3 is 1.94 bits per heavy atom. The van der Waals surface area contributed by atoms with Crippen LogP contribution >= 0.6 is 0 Å². The van der Waals surface area contributed by atoms with Crippen molar-refractivity contribution in [2.75, 3.05) is 13.1 Å². The van der Waals surface area contributed by atoms with Gasteiger partial charge in [0.15, 0.2) is 0 Å². The van der Waals surface area contributed by atoms with Gasteiger partial charge in [0.25, 0.3) is 0 Å². The first-order chi connectivity index (χ1) is 15.9. The van der Waals surface area contributed by atoms with E-state index in [-0.39, 0.29) is 35.5 Å². The van der Waals surface area contributed by atoms with Crippen molar-refractivity contribution in [3.63, 3.8) is 0 Å². The maximum Gasteiger partial charge on any atom is 0.416 e. The standard InChI is InChI=1S/C26H25F6NO/c1-14-2-5-20(26(30,31)32)10-21(14)16-8-17-12-33(13-18(17)9-16)24(34)23-11-22(23)15-3-6-19(7-4-15)25(27,28)29/h2-7,10,16-18,22-23H,8-9,11-13H2,1H3/t16?,17-,18+,22-,23-/m1/s1. The number of hydrogen-bond acceptors (Lipinski definition) is 1. The van der Waals surface area contributed by atoms with Gasteiger partial charge in [0, 0.05) is 19.0 Å². The second-order valence-corrected chi connectivity index (χ2v) is 10.1. The summed E-state index contributed by atoms with van der Waals surface area (Å²) in [4.78, 5) is 14.9. The number of halogens is 6. The van der Waals surface area contributed by atoms with Crippen LogP contribution in [0.15, 0.2) is 42.5 Å². The zero-order chi connectivity index (χ0) is 24.4. The zero-order valence-electron chi connectivity index (χ0n) is 18.6. The highest BCUT2D eigenvalue weighted by Crippen LogP contribution is 2.52. The van der Waals surface area contributed by atoms with Gasteiger partial charge >= 0.3 is 12.4 Å². The fourth-order valence-electron chi connectivity index (χ4n) is 5.98. The van der Waals surface area contributed by atoms with E-state index in [1.165, 1.54) is 24.3 Å². The summed E-state index contributed by atoms with van der Waals surface area (Å²) in [5.41, 5.74) is 1.06. The van der Waals surface area contributed by atoms with E-state index in [4.69, 9.17) is 0 Å². The molecule has 0 aromatic heterocycles. The summed E-state index contributed by atoms with van der Waals surface area (Å²) in [5, 5.41) is 0. The second-order valence-electron chi connectivity index (χ2n) is 10.1. The summed E-state index contributed by atoms with van der Waals surface area (Å²) in [6.07, 6.45) is -6.57. The Kier molecular flexibility index (Phi) is 5.48. The number of carbonyl (C=O) groups excluding carboxylic acids is 1. The van der Waals surface area contributed by atoms with Gasteiger partial charge in [-0.25, -0.2) is 0 Å². The van der Waals surface area contributed by atoms with Gasteiger partial charge in [-0.15, -0.1) is 0 Å². The van der Waals surface area contributed by atoms with Crippen molar-refractivity contribution in [2.24, 2.45) is 17.8 Å². The largest absolute Gasteiger partial charge is 0.416 e. The number of rotatable bonds is 3. The van der Waals surface area contributed by atoms with Crippen LogP contribution in [0.1, 0.15) is 58.9 Å². The van der Waals surface area contributed by atoms with Crippen LogP contribution in [0.25, 0.3) is 0 Å². The highest BCUT2D eigenvalue weighted by atomic mass is 19.4. The van der Waals surface area contributed by atoms with Crippen molar-refractivity contribution < 1.29 is 31.1 Å². The van der Waals surface area contributed by atoms with Crippen LogP contribution in [0.3, 0.4) is 0 Å². The summed E-state index contributed by atoms with van der Waals surface area (Å²) in [6.45, 7) is 3.05. The number of hydrogen-bond donors (Lipinski definition) is 0. The number of likely N-dealkylation sites (tertiary alicyclic amines) is 1. The van der Waals surface area contributed by atoms with E-state index in [2.05, 4.69) is 0 Å². The predicted molar refractivity (Wildman–Crippen MR) is 114 cm³/mol. The number of carbonyl (C=O) groups is 1. The number of fused-ring (bicyclic) bond motifs is 1. The Balaban J connectivity index is 1.20. The van der Waals surface area contributed by atoms with E-state index < -0.39 is 23.5 Å². The average Bonchev–Trinajstić information content (AvgIpc) is 3.31. The quantitative estimate of drug-likeness (QED) is 0.442. The predicted octanol–water partition coefficient (Wildman–Crippen LogP) is 6.79. The van der Waals surface area contributed by atoms with Crippen molar-refractivity contribution in [1.29, 1.82) is 0 Å². The maximum absolute atomic E-state index is 13.2. The molecule has 2 saturated carbocycles. The molecule has 5 atom stereocenters. The third-order valence-corrected chi connectivity index (χ3v) is 7.88. The van der Waals surface area contributed by atoms with E-state index >= 15 is 0 Å². The first-order valence-electron chi connectivity index (χ1n) is 11.6. The van der Waals surface area contributed by atoms with Crippen LogP contribution in [-0.2, 0) is 17.1 Å². The van der Waals surface area contributed by atoms with Gasteiger partial charge < -0.3 is 4.90 Å². The number of benzene rings is 2. The van der Waals surface area contributed by atoms with Crippen LogP contribution in [0.5, 0.6) is 0 Å². The molecule has 1 saturated heterocycles. The lowest BCUT2D eigenvalue weighted by Crippen LogP contribution is -2.31. The third kappa shape index (κ3) is 4.31. The molecule has 2 aromatic rings. The second kappa shape index (κ2) is 8.02. The Morgan fingerprint density at radius 1 is 0.824 bits per heavy atom. The van der Waals surface area contributed by atoms with Crippen LogP contribution in [0, 0.1) is 24.7 Å². The van der Waals surface area contributed by atoms with Crippen LogP contribution in [0.4, 0.5) is 26.3 Å². The van der Waals surface area contributed by atoms with Crippen LogP contribution < -0.4 is 0 Å². The molecular formula is C26H25F6NO. The number of alkyl halides is 6. The monoisotopic (exact) mass is 481 g/mol. The molecule has 5 rings (SSSR count). The van der Waals surface area contributed by atoms with E-state index in [9.17, 15) is 31.1 Å². The van der Waals surface area contributed by atoms with Crippen molar-refractivity contribution in [2.45, 2.75) is 50.4 Å². The van der Waals surface area contributed by atoms with Crippen molar-refractivity contribution in [1.82, 2.24) is 4.90 Å². The van der Waals surface area contributed by atoms with E-state index in [0.29, 0.717) is 19.5 Å². The minimum absolute atomic E-state index is 0.0456. The molecule has 1 amide bonds. The van der Waals surface area contributed by atoms with Crippen LogP contribution in [-0.4, -0.2) is 23.9 Å². The summed E-state index contributed by atoms with van der Waals surface area (Å²) in [6, 6.07) is 8.98. The number of nitrogens with zero attached hydrogens (tertiary/aromatic N) is 1. The summed E-state index contributed by atoms with van der Waals surface area (Å²) in [7, 11) is 0. The molecule has 2 nitrogen and oxygen atoms in total. The van der Waals surface area contributed by atoms with Gasteiger partial charge in [0.1, 0.15) is 0 Å². The number of aryl methyl sites for hydroxylation is 1. The molecule has 1 unspecified atom stereocenters. The lowest BCUT2D eigenvalue weighted by Gasteiger charge is -2.21. The molecule has 2 aromatic carbocycles. The van der Waals surface area contributed by atoms with E-state index in [0.717, 1.165) is 47.7 Å². The SMILES string of the molecule is Cc1ccc(C(F)(F)F)cc1C1C[C@@H]2CN(C(=O)[C@@H]3C[C@@H]3c3ccc(C(F)(F)F)cc3)C[C@@H]2C1. The van der Waals surface area contributed by atoms with Gasteiger partial charge in [0.05, 0.1) is 11.1 Å². The molecule has 182 valence electrons. The molecule has 34 heavy (non-hydrogen) atoms. The molecule has 8 heteroatoms. The first kappa shape index (κ1) is 23.2. The molecule has 3 fully saturated rings. The molecular weight excluding hydrogens is 456 g/mol. The van der Waals surface area contributed by atoms with Crippen LogP contribution in [0.2, 0.25) is 0 Å². The van der Waals surface area contributed by atoms with Crippen molar-refractivity contribution >= 4 is 5.91 Å². The Hall–Kier alpha value is -2.51. The lowest BCUT2D eigenvalue weighted by atomic mass is 9.90. The third-order valence-electron chi connectivity index (χ3n) is 7.88. The molecule has 0 spiro atoms. The smallest absolute Gasteiger partial charge is 0.342 e. The lowest BCUT2D eigenvalue weighted by molar-refractivity contribution is -0.138. The minimum Gasteiger partial charge on any atom is -0.342 e. The maximum atomic E-state index is 13.2. The van der Waals surface area contributed by atoms with Gasteiger partial charge in [-0.3, -0.25) is 4.79 Å². The molecule has 0 bridgehead atoms. The topological polar surface area (TPSA) is 20.3 Å². The Morgan fingerprint density at radius 2 is 1.38 bits per heavy atom. The fourth-order valence-corrected chi connectivity index (χ4v) is 5.98. The molecule has 1 heterocycles. The summed E-state index contributed by atoms with van der Waals surface area (Å²) in [5.74, 6) is 0.409. The Bertz CT molecular complexity index is 1080. The highest BCUT2D eigenvalue weighted by Gasteiger charge is 2.50. The van der Waals surface area contributed by atoms with E-state index in [1.807, 2.05) is 11.8 Å². The van der Waals surface area contributed by atoms with Gasteiger partial charge in [-0.05, 0) is 90.8 Å². The molecule has 0 radical (unpaired) electrons. The summed E-state index contributed by atoms with van der Waals surface area (Å²) >= 11 is 0. The highest BCUT2D eigenvalue weighted by molar-refractivity contribution is 5.83. The van der Waals surface area contributed by atoms with Crippen molar-refractivity contribution in [3.05, 3.63) is 70.3 Å². The minimum atomic E-state index is -4.38. The Labute approximate surface area is 193 Å². The zero-order valence-corrected chi connectivity index (χ0v) is 18.6. The van der Waals surface area contributed by atoms with Gasteiger partial charge in [-0.2, -0.15) is 26.3 Å². The van der Waals surface area contributed by atoms with Gasteiger partial charge in [-0.1, -0.05) is 18.2 Å². The molecule has 0 N–H and O–H groups in total. The average molecular weight is 481 g/mol. The number of amides is 1. The normalized spacial score (nSPS) is 28.8. The van der Waals surface area contributed by atoms with Gasteiger partial charge in [0.2, 0.25) is 5.91 Å². The van der Waals surface area contributed by atoms with E-state index in [1.54, 1.807) is 0 Å². The molecule has 3 aliphatic rings. The van der Waals surface area contributed by atoms with Crippen molar-refractivity contribution in [3.8, 4) is 0 Å². The molecule has 1 aliphatic heterocycles. The fraction of sp³-hybridized carbons (Fsp3) is 0.500.